The van der Waals surface area contributed by atoms with E-state index in [-0.39, 0.29) is 16.6 Å². The largest absolute Gasteiger partial charge is 0.374 e. The molecule has 0 saturated carbocycles. The van der Waals surface area contributed by atoms with Crippen molar-refractivity contribution in [1.82, 2.24) is 9.78 Å². The van der Waals surface area contributed by atoms with Gasteiger partial charge in [0.25, 0.3) is 0 Å². The number of carbonyl (C=O) groups excluding carboxylic acids is 1. The molecule has 0 unspecified atom stereocenters. The number of hydrogen-bond donors (Lipinski definition) is 2. The Morgan fingerprint density at radius 3 is 2.23 bits per heavy atom. The average molecular weight is 365 g/mol. The molecule has 0 aliphatic rings. The number of ketones is 1. The summed E-state index contributed by atoms with van der Waals surface area (Å²) in [5.74, 6) is -0.0742. The lowest BCUT2D eigenvalue weighted by Gasteiger charge is -2.01. The Kier molecular flexibility index (Phi) is 4.85. The Balaban J connectivity index is 1.82. The van der Waals surface area contributed by atoms with Crippen molar-refractivity contribution in [3.63, 3.8) is 0 Å². The fraction of sp³-hybridized carbons (Fsp3) is 0.0556. The number of nitrogens with two attached hydrogens (primary N) is 1. The van der Waals surface area contributed by atoms with Crippen molar-refractivity contribution in [1.29, 1.82) is 0 Å². The van der Waals surface area contributed by atoms with Crippen LogP contribution in [0.3, 0.4) is 0 Å². The number of benzene rings is 2. The molecular formula is C18H15N5O2S. The van der Waals surface area contributed by atoms with Crippen LogP contribution in [-0.2, 0) is 0 Å². The average Bonchev–Trinajstić information content (AvgIpc) is 2.95. The van der Waals surface area contributed by atoms with E-state index in [1.165, 1.54) is 0 Å². The molecule has 0 atom stereocenters. The van der Waals surface area contributed by atoms with Crippen molar-refractivity contribution >= 4 is 34.5 Å². The van der Waals surface area contributed by atoms with Gasteiger partial charge in [-0.3, -0.25) is 14.7 Å². The predicted molar refractivity (Wildman–Crippen MR) is 102 cm³/mol. The lowest BCUT2D eigenvalue weighted by atomic mass is 10.0. The van der Waals surface area contributed by atoms with Crippen LogP contribution in [0.4, 0.5) is 11.4 Å². The SMILES string of the molecule is Cc1[nH]n(C(N)=S)c(=O)c1N=Nc1ccc(C(=O)c2ccccc2)cc1. The molecular weight excluding hydrogens is 350 g/mol. The van der Waals surface area contributed by atoms with Crippen molar-refractivity contribution in [3.8, 4) is 0 Å². The summed E-state index contributed by atoms with van der Waals surface area (Å²) in [7, 11) is 0. The van der Waals surface area contributed by atoms with E-state index in [1.54, 1.807) is 43.3 Å². The van der Waals surface area contributed by atoms with Crippen molar-refractivity contribution in [3.05, 3.63) is 81.8 Å². The lowest BCUT2D eigenvalue weighted by Crippen LogP contribution is -2.29. The minimum absolute atomic E-state index is 0.0742. The molecule has 0 aliphatic carbocycles. The molecule has 130 valence electrons. The Morgan fingerprint density at radius 2 is 1.65 bits per heavy atom. The summed E-state index contributed by atoms with van der Waals surface area (Å²) in [6.45, 7) is 1.67. The summed E-state index contributed by atoms with van der Waals surface area (Å²) >= 11 is 4.78. The van der Waals surface area contributed by atoms with Crippen LogP contribution in [0.2, 0.25) is 0 Å². The fourth-order valence-electron chi connectivity index (χ4n) is 2.35. The van der Waals surface area contributed by atoms with Crippen LogP contribution in [0.1, 0.15) is 21.6 Å². The number of hydrogen-bond acceptors (Lipinski definition) is 5. The van der Waals surface area contributed by atoms with Crippen LogP contribution in [0.15, 0.2) is 69.6 Å². The molecule has 7 nitrogen and oxygen atoms in total. The summed E-state index contributed by atoms with van der Waals surface area (Å²) in [5, 5.41) is 10.6. The summed E-state index contributed by atoms with van der Waals surface area (Å²) < 4.78 is 1.03. The van der Waals surface area contributed by atoms with E-state index in [0.29, 0.717) is 22.5 Å². The van der Waals surface area contributed by atoms with Crippen LogP contribution in [0, 0.1) is 6.92 Å². The van der Waals surface area contributed by atoms with Gasteiger partial charge in [-0.15, -0.1) is 5.11 Å². The summed E-state index contributed by atoms with van der Waals surface area (Å²) in [6.07, 6.45) is 0. The number of rotatable bonds is 4. The highest BCUT2D eigenvalue weighted by Gasteiger charge is 2.12. The number of nitrogens with one attached hydrogen (secondary N) is 1. The van der Waals surface area contributed by atoms with Gasteiger partial charge in [0.1, 0.15) is 0 Å². The van der Waals surface area contributed by atoms with Gasteiger partial charge in [-0.25, -0.2) is 0 Å². The Labute approximate surface area is 154 Å². The molecule has 1 heterocycles. The highest BCUT2D eigenvalue weighted by atomic mass is 32.1. The van der Waals surface area contributed by atoms with Crippen LogP contribution in [0.25, 0.3) is 0 Å². The second-order valence-electron chi connectivity index (χ2n) is 5.51. The van der Waals surface area contributed by atoms with Crippen LogP contribution in [0.5, 0.6) is 0 Å². The van der Waals surface area contributed by atoms with E-state index in [0.717, 1.165) is 4.68 Å². The first-order chi connectivity index (χ1) is 12.5. The smallest absolute Gasteiger partial charge is 0.301 e. The number of H-pyrrole nitrogens is 1. The topological polar surface area (TPSA) is 106 Å². The molecule has 3 aromatic rings. The van der Waals surface area contributed by atoms with Crippen LogP contribution < -0.4 is 11.3 Å². The number of aromatic nitrogens is 2. The van der Waals surface area contributed by atoms with Gasteiger partial charge in [0.2, 0.25) is 0 Å². The van der Waals surface area contributed by atoms with Crippen molar-refractivity contribution in [2.24, 2.45) is 16.0 Å². The first-order valence-electron chi connectivity index (χ1n) is 7.70. The number of thiocarbonyl (C=S) groups is 1. The third kappa shape index (κ3) is 3.50. The van der Waals surface area contributed by atoms with E-state index in [4.69, 9.17) is 18.0 Å². The van der Waals surface area contributed by atoms with E-state index >= 15 is 0 Å². The second-order valence-corrected chi connectivity index (χ2v) is 5.92. The minimum atomic E-state index is -0.463. The monoisotopic (exact) mass is 365 g/mol. The number of aryl methyl sites for hydroxylation is 1. The van der Waals surface area contributed by atoms with Gasteiger partial charge in [-0.05, 0) is 43.4 Å². The molecule has 0 fully saturated rings. The van der Waals surface area contributed by atoms with Crippen LogP contribution in [-0.4, -0.2) is 20.7 Å². The summed E-state index contributed by atoms with van der Waals surface area (Å²) in [4.78, 5) is 24.5. The number of nitrogens with zero attached hydrogens (tertiary/aromatic N) is 3. The van der Waals surface area contributed by atoms with Crippen molar-refractivity contribution < 1.29 is 4.79 Å². The molecule has 0 bridgehead atoms. The Bertz CT molecular complexity index is 1050. The molecule has 0 radical (unpaired) electrons. The maximum absolute atomic E-state index is 12.4. The highest BCUT2D eigenvalue weighted by Crippen LogP contribution is 2.19. The zero-order valence-corrected chi connectivity index (χ0v) is 14.7. The maximum atomic E-state index is 12.4. The standard InChI is InChI=1S/C18H15N5O2S/c1-11-15(17(25)23(22-11)18(19)26)21-20-14-9-7-13(8-10-14)16(24)12-5-3-2-4-6-12/h2-10,22H,1H3,(H2,19,26). The third-order valence-corrected chi connectivity index (χ3v) is 3.87. The first kappa shape index (κ1) is 17.4. The molecule has 3 N–H and O–H groups in total. The Hall–Kier alpha value is -3.39. The fourth-order valence-corrected chi connectivity index (χ4v) is 2.48. The number of aromatic amines is 1. The molecule has 2 aromatic carbocycles. The molecule has 26 heavy (non-hydrogen) atoms. The van der Waals surface area contributed by atoms with Gasteiger partial charge in [0, 0.05) is 11.1 Å². The normalized spacial score (nSPS) is 11.0. The van der Waals surface area contributed by atoms with E-state index in [1.807, 2.05) is 18.2 Å². The predicted octanol–water partition coefficient (Wildman–Crippen LogP) is 3.22. The van der Waals surface area contributed by atoms with Gasteiger partial charge in [0.05, 0.1) is 11.4 Å². The highest BCUT2D eigenvalue weighted by molar-refractivity contribution is 7.80. The summed E-state index contributed by atoms with van der Waals surface area (Å²) in [5.41, 5.74) is 7.29. The molecule has 0 aliphatic heterocycles. The van der Waals surface area contributed by atoms with Crippen LogP contribution >= 0.6 is 12.2 Å². The van der Waals surface area contributed by atoms with Gasteiger partial charge in [-0.1, -0.05) is 30.3 Å². The number of azo groups is 1. The van der Waals surface area contributed by atoms with Gasteiger partial charge in [-0.2, -0.15) is 9.80 Å². The molecule has 8 heteroatoms. The van der Waals surface area contributed by atoms with Crippen molar-refractivity contribution in [2.75, 3.05) is 0 Å². The second kappa shape index (κ2) is 7.24. The third-order valence-electron chi connectivity index (χ3n) is 3.69. The zero-order valence-electron chi connectivity index (χ0n) is 13.8. The maximum Gasteiger partial charge on any atom is 0.301 e. The first-order valence-corrected chi connectivity index (χ1v) is 8.11. The van der Waals surface area contributed by atoms with Gasteiger partial charge < -0.3 is 5.73 Å². The molecule has 1 aromatic heterocycles. The lowest BCUT2D eigenvalue weighted by molar-refractivity contribution is 0.103. The van der Waals surface area contributed by atoms with Gasteiger partial charge in [0.15, 0.2) is 16.6 Å². The van der Waals surface area contributed by atoms with E-state index in [2.05, 4.69) is 15.3 Å². The van der Waals surface area contributed by atoms with E-state index in [9.17, 15) is 9.59 Å². The minimum Gasteiger partial charge on any atom is -0.374 e. The van der Waals surface area contributed by atoms with E-state index < -0.39 is 5.56 Å². The summed E-state index contributed by atoms with van der Waals surface area (Å²) in [6, 6.07) is 15.7. The Morgan fingerprint density at radius 1 is 1.04 bits per heavy atom. The van der Waals surface area contributed by atoms with Gasteiger partial charge >= 0.3 is 5.56 Å². The molecule has 0 saturated heterocycles. The molecule has 0 spiro atoms. The quantitative estimate of drug-likeness (QED) is 0.420. The van der Waals surface area contributed by atoms with Crippen molar-refractivity contribution in [2.45, 2.75) is 6.92 Å². The molecule has 3 rings (SSSR count). The molecule has 0 amide bonds. The number of carbonyl (C=O) groups is 1. The zero-order chi connectivity index (χ0) is 18.7.